The van der Waals surface area contributed by atoms with Crippen LogP contribution in [0.1, 0.15) is 24.4 Å². The van der Waals surface area contributed by atoms with E-state index in [1.807, 2.05) is 47.3 Å². The average molecular weight is 384 g/mol. The number of nitrogens with one attached hydrogen (secondary N) is 1. The molecule has 0 atom stereocenters. The van der Waals surface area contributed by atoms with Crippen molar-refractivity contribution >= 4 is 11.0 Å². The quantitative estimate of drug-likeness (QED) is 0.573. The number of fused-ring (bicyclic) bond motifs is 1. The van der Waals surface area contributed by atoms with Gasteiger partial charge in [0.05, 0.1) is 11.0 Å². The number of aromatic nitrogens is 3. The molecule has 3 heterocycles. The van der Waals surface area contributed by atoms with Gasteiger partial charge in [0.15, 0.2) is 0 Å². The maximum atomic E-state index is 12.5. The number of benzene rings is 2. The Morgan fingerprint density at radius 2 is 1.69 bits per heavy atom. The molecule has 0 unspecified atom stereocenters. The van der Waals surface area contributed by atoms with Gasteiger partial charge in [0.2, 0.25) is 0 Å². The molecule has 1 N–H and O–H groups in total. The van der Waals surface area contributed by atoms with Crippen molar-refractivity contribution in [1.82, 2.24) is 19.4 Å². The van der Waals surface area contributed by atoms with E-state index in [2.05, 4.69) is 45.2 Å². The first-order chi connectivity index (χ1) is 14.3. The Morgan fingerprint density at radius 3 is 2.52 bits per heavy atom. The molecule has 146 valence electrons. The van der Waals surface area contributed by atoms with Gasteiger partial charge in [-0.25, -0.2) is 4.79 Å². The molecule has 5 heteroatoms. The van der Waals surface area contributed by atoms with E-state index in [4.69, 9.17) is 0 Å². The molecule has 0 spiro atoms. The summed E-state index contributed by atoms with van der Waals surface area (Å²) in [5.74, 6) is 0. The zero-order chi connectivity index (χ0) is 19.6. The van der Waals surface area contributed by atoms with Crippen molar-refractivity contribution in [3.63, 3.8) is 0 Å². The van der Waals surface area contributed by atoms with E-state index in [1.54, 1.807) is 0 Å². The number of hydrogen-bond acceptors (Lipinski definition) is 3. The number of nitrogens with zero attached hydrogens (tertiary/aromatic N) is 3. The summed E-state index contributed by atoms with van der Waals surface area (Å²) >= 11 is 0. The Kier molecular flexibility index (Phi) is 4.74. The van der Waals surface area contributed by atoms with Gasteiger partial charge in [0, 0.05) is 43.6 Å². The maximum Gasteiger partial charge on any atom is 0.326 e. The van der Waals surface area contributed by atoms with Crippen molar-refractivity contribution in [2.75, 3.05) is 13.1 Å². The molecule has 29 heavy (non-hydrogen) atoms. The normalized spacial score (nSPS) is 15.7. The first kappa shape index (κ1) is 17.9. The minimum atomic E-state index is 0.00409. The number of H-pyrrole nitrogens is 1. The molecule has 0 saturated carbocycles. The molecule has 0 radical (unpaired) electrons. The highest BCUT2D eigenvalue weighted by Crippen LogP contribution is 2.26. The molecule has 0 bridgehead atoms. The summed E-state index contributed by atoms with van der Waals surface area (Å²) in [5, 5.41) is 0. The molecule has 1 fully saturated rings. The number of likely N-dealkylation sites (tertiary alicyclic amines) is 1. The van der Waals surface area contributed by atoms with Crippen molar-refractivity contribution in [3.8, 4) is 11.1 Å². The smallest absolute Gasteiger partial charge is 0.306 e. The molecule has 2 aromatic heterocycles. The van der Waals surface area contributed by atoms with E-state index in [-0.39, 0.29) is 11.7 Å². The van der Waals surface area contributed by atoms with Crippen LogP contribution < -0.4 is 5.69 Å². The Labute approximate surface area is 169 Å². The summed E-state index contributed by atoms with van der Waals surface area (Å²) in [6.45, 7) is 2.85. The van der Waals surface area contributed by atoms with Crippen LogP contribution >= 0.6 is 0 Å². The molecular weight excluding hydrogens is 360 g/mol. The number of rotatable bonds is 4. The largest absolute Gasteiger partial charge is 0.326 e. The van der Waals surface area contributed by atoms with Crippen molar-refractivity contribution in [2.45, 2.75) is 25.4 Å². The third kappa shape index (κ3) is 3.61. The Morgan fingerprint density at radius 1 is 0.931 bits per heavy atom. The van der Waals surface area contributed by atoms with Crippen molar-refractivity contribution in [3.05, 3.63) is 89.1 Å². The lowest BCUT2D eigenvalue weighted by atomic mass is 10.0. The first-order valence-electron chi connectivity index (χ1n) is 10.2. The second-order valence-electron chi connectivity index (χ2n) is 7.77. The van der Waals surface area contributed by atoms with Crippen LogP contribution in [0.25, 0.3) is 22.2 Å². The molecule has 2 aromatic carbocycles. The van der Waals surface area contributed by atoms with Gasteiger partial charge in [-0.1, -0.05) is 42.5 Å². The van der Waals surface area contributed by atoms with Gasteiger partial charge < -0.3 is 4.98 Å². The number of imidazole rings is 1. The number of pyridine rings is 1. The number of piperidine rings is 1. The van der Waals surface area contributed by atoms with Crippen molar-refractivity contribution < 1.29 is 0 Å². The molecule has 1 saturated heterocycles. The highest BCUT2D eigenvalue weighted by molar-refractivity contribution is 5.75. The lowest BCUT2D eigenvalue weighted by Crippen LogP contribution is -2.36. The van der Waals surface area contributed by atoms with Crippen LogP contribution in [0.5, 0.6) is 0 Å². The highest BCUT2D eigenvalue weighted by atomic mass is 16.1. The highest BCUT2D eigenvalue weighted by Gasteiger charge is 2.23. The van der Waals surface area contributed by atoms with Crippen LogP contribution in [0.3, 0.4) is 0 Å². The lowest BCUT2D eigenvalue weighted by Gasteiger charge is -2.32. The van der Waals surface area contributed by atoms with E-state index in [0.717, 1.165) is 49.1 Å². The standard InChI is InChI=1S/C24H24N4O/c29-24-26-22-8-4-5-9-23(22)28(24)21-10-12-27(13-11-21)17-18-14-20(16-25-15-18)19-6-2-1-3-7-19/h1-9,14-16,21H,10-13,17H2,(H,26,29). The van der Waals surface area contributed by atoms with E-state index >= 15 is 0 Å². The fraction of sp³-hybridized carbons (Fsp3) is 0.250. The Hall–Kier alpha value is -3.18. The molecule has 0 amide bonds. The van der Waals surface area contributed by atoms with Gasteiger partial charge in [0.1, 0.15) is 0 Å². The van der Waals surface area contributed by atoms with E-state index < -0.39 is 0 Å². The molecule has 4 aromatic rings. The fourth-order valence-electron chi connectivity index (χ4n) is 4.39. The van der Waals surface area contributed by atoms with Gasteiger partial charge >= 0.3 is 5.69 Å². The summed E-state index contributed by atoms with van der Waals surface area (Å²) in [6.07, 6.45) is 5.85. The second kappa shape index (κ2) is 7.68. The Balaban J connectivity index is 1.28. The SMILES string of the molecule is O=c1[nH]c2ccccc2n1C1CCN(Cc2cncc(-c3ccccc3)c2)CC1. The molecule has 0 aliphatic carbocycles. The number of aromatic amines is 1. The topological polar surface area (TPSA) is 53.9 Å². The van der Waals surface area contributed by atoms with Gasteiger partial charge in [-0.15, -0.1) is 0 Å². The summed E-state index contributed by atoms with van der Waals surface area (Å²) in [5.41, 5.74) is 5.51. The predicted molar refractivity (Wildman–Crippen MR) is 116 cm³/mol. The monoisotopic (exact) mass is 384 g/mol. The van der Waals surface area contributed by atoms with E-state index in [1.165, 1.54) is 11.1 Å². The van der Waals surface area contributed by atoms with Crippen LogP contribution in [0.15, 0.2) is 77.9 Å². The average Bonchev–Trinajstić information content (AvgIpc) is 3.11. The molecular formula is C24H24N4O. The summed E-state index contributed by atoms with van der Waals surface area (Å²) in [4.78, 5) is 22.4. The van der Waals surface area contributed by atoms with Crippen LogP contribution in [-0.2, 0) is 6.54 Å². The minimum absolute atomic E-state index is 0.00409. The summed E-state index contributed by atoms with van der Waals surface area (Å²) in [6, 6.07) is 20.8. The molecule has 1 aliphatic heterocycles. The van der Waals surface area contributed by atoms with Crippen LogP contribution in [-0.4, -0.2) is 32.5 Å². The fourth-order valence-corrected chi connectivity index (χ4v) is 4.39. The van der Waals surface area contributed by atoms with E-state index in [0.29, 0.717) is 0 Å². The third-order valence-corrected chi connectivity index (χ3v) is 5.85. The lowest BCUT2D eigenvalue weighted by molar-refractivity contribution is 0.180. The van der Waals surface area contributed by atoms with Crippen molar-refractivity contribution in [2.24, 2.45) is 0 Å². The maximum absolute atomic E-state index is 12.5. The van der Waals surface area contributed by atoms with Crippen LogP contribution in [0.2, 0.25) is 0 Å². The van der Waals surface area contributed by atoms with Gasteiger partial charge in [-0.2, -0.15) is 0 Å². The van der Waals surface area contributed by atoms with Crippen LogP contribution in [0.4, 0.5) is 0 Å². The first-order valence-corrected chi connectivity index (χ1v) is 10.2. The Bertz CT molecular complexity index is 1170. The van der Waals surface area contributed by atoms with Gasteiger partial charge in [0.25, 0.3) is 0 Å². The molecule has 5 rings (SSSR count). The molecule has 5 nitrogen and oxygen atoms in total. The summed E-state index contributed by atoms with van der Waals surface area (Å²) < 4.78 is 1.95. The van der Waals surface area contributed by atoms with Gasteiger partial charge in [-0.3, -0.25) is 14.5 Å². The molecule has 1 aliphatic rings. The second-order valence-corrected chi connectivity index (χ2v) is 7.77. The zero-order valence-corrected chi connectivity index (χ0v) is 16.3. The van der Waals surface area contributed by atoms with Crippen LogP contribution in [0, 0.1) is 0 Å². The summed E-state index contributed by atoms with van der Waals surface area (Å²) in [7, 11) is 0. The number of hydrogen-bond donors (Lipinski definition) is 1. The number of para-hydroxylation sites is 2. The van der Waals surface area contributed by atoms with E-state index in [9.17, 15) is 4.79 Å². The van der Waals surface area contributed by atoms with Crippen molar-refractivity contribution in [1.29, 1.82) is 0 Å². The van der Waals surface area contributed by atoms with Gasteiger partial charge in [-0.05, 0) is 42.2 Å². The zero-order valence-electron chi connectivity index (χ0n) is 16.3. The predicted octanol–water partition coefficient (Wildman–Crippen LogP) is 4.23. The minimum Gasteiger partial charge on any atom is -0.306 e. The third-order valence-electron chi connectivity index (χ3n) is 5.85.